The van der Waals surface area contributed by atoms with Crippen molar-refractivity contribution in [1.29, 1.82) is 0 Å². The summed E-state index contributed by atoms with van der Waals surface area (Å²) in [5, 5.41) is 0. The lowest BCUT2D eigenvalue weighted by Crippen LogP contribution is -2.12. The molecule has 3 nitrogen and oxygen atoms in total. The molecule has 23 heavy (non-hydrogen) atoms. The second-order valence-corrected chi connectivity index (χ2v) is 5.42. The highest BCUT2D eigenvalue weighted by atomic mass is 19.4. The molecule has 0 amide bonds. The Morgan fingerprint density at radius 2 is 1.96 bits per heavy atom. The molecular formula is C17H20F3N3. The summed E-state index contributed by atoms with van der Waals surface area (Å²) in [6.07, 6.45) is -0.401. The molecule has 124 valence electrons. The third kappa shape index (κ3) is 3.25. The van der Waals surface area contributed by atoms with Gasteiger partial charge in [0.1, 0.15) is 5.82 Å². The summed E-state index contributed by atoms with van der Waals surface area (Å²) in [6, 6.07) is 2.77. The van der Waals surface area contributed by atoms with Crippen LogP contribution < -0.4 is 5.73 Å². The number of hydrogen-bond donors (Lipinski definition) is 1. The average molecular weight is 323 g/mol. The summed E-state index contributed by atoms with van der Waals surface area (Å²) in [5.74, 6) is 0.630. The van der Waals surface area contributed by atoms with Crippen LogP contribution in [0.25, 0.3) is 11.3 Å². The second-order valence-electron chi connectivity index (χ2n) is 5.42. The van der Waals surface area contributed by atoms with Gasteiger partial charge in [-0.1, -0.05) is 13.0 Å². The van der Waals surface area contributed by atoms with E-state index in [9.17, 15) is 13.2 Å². The molecule has 1 aromatic heterocycles. The fraction of sp³-hybridized carbons (Fsp3) is 0.353. The predicted octanol–water partition coefficient (Wildman–Crippen LogP) is 4.90. The van der Waals surface area contributed by atoms with Crippen molar-refractivity contribution >= 4 is 11.3 Å². The number of aryl methyl sites for hydroxylation is 2. The van der Waals surface area contributed by atoms with Crippen LogP contribution >= 0.6 is 0 Å². The Hall–Kier alpha value is -2.24. The fourth-order valence-corrected chi connectivity index (χ4v) is 2.71. The van der Waals surface area contributed by atoms with Gasteiger partial charge in [-0.15, -0.1) is 0 Å². The number of alkyl halides is 3. The minimum Gasteiger partial charge on any atom is -0.398 e. The zero-order valence-electron chi connectivity index (χ0n) is 13.6. The smallest absolute Gasteiger partial charge is 0.398 e. The molecule has 2 N–H and O–H groups in total. The Labute approximate surface area is 133 Å². The van der Waals surface area contributed by atoms with Crippen LogP contribution in [0.3, 0.4) is 0 Å². The Bertz CT molecular complexity index is 755. The molecule has 0 aliphatic rings. The molecule has 0 bridgehead atoms. The highest BCUT2D eigenvalue weighted by Crippen LogP contribution is 2.39. The molecular weight excluding hydrogens is 303 g/mol. The number of hydrogen-bond acceptors (Lipinski definition) is 2. The van der Waals surface area contributed by atoms with Crippen molar-refractivity contribution in [1.82, 2.24) is 9.55 Å². The van der Waals surface area contributed by atoms with Gasteiger partial charge in [0, 0.05) is 17.4 Å². The van der Waals surface area contributed by atoms with Crippen molar-refractivity contribution in [2.45, 2.75) is 40.3 Å². The molecule has 6 heteroatoms. The second kappa shape index (κ2) is 6.10. The van der Waals surface area contributed by atoms with Gasteiger partial charge in [-0.25, -0.2) is 4.98 Å². The SMILES string of the molecule is CC=C(CC)c1cc(-n2cc(C)nc2C)cc(C(F)(F)F)c1N. The van der Waals surface area contributed by atoms with E-state index in [1.165, 1.54) is 0 Å². The van der Waals surface area contributed by atoms with E-state index in [4.69, 9.17) is 5.73 Å². The van der Waals surface area contributed by atoms with Crippen LogP contribution in [0.2, 0.25) is 0 Å². The molecule has 2 rings (SSSR count). The molecule has 1 aromatic carbocycles. The van der Waals surface area contributed by atoms with Crippen LogP contribution in [-0.2, 0) is 6.18 Å². The predicted molar refractivity (Wildman–Crippen MR) is 86.4 cm³/mol. The van der Waals surface area contributed by atoms with Crippen molar-refractivity contribution in [2.75, 3.05) is 5.73 Å². The first-order chi connectivity index (χ1) is 10.7. The lowest BCUT2D eigenvalue weighted by atomic mass is 9.97. The Morgan fingerprint density at radius 3 is 2.39 bits per heavy atom. The van der Waals surface area contributed by atoms with Gasteiger partial charge in [0.2, 0.25) is 0 Å². The van der Waals surface area contributed by atoms with E-state index >= 15 is 0 Å². The van der Waals surface area contributed by atoms with E-state index in [0.717, 1.165) is 17.3 Å². The topological polar surface area (TPSA) is 43.8 Å². The summed E-state index contributed by atoms with van der Waals surface area (Å²) >= 11 is 0. The number of benzene rings is 1. The average Bonchev–Trinajstić information content (AvgIpc) is 2.79. The van der Waals surface area contributed by atoms with Crippen LogP contribution in [0.1, 0.15) is 42.9 Å². The number of nitrogen functional groups attached to an aromatic ring is 1. The molecule has 0 saturated heterocycles. The Kier molecular flexibility index (Phi) is 4.54. The number of anilines is 1. The largest absolute Gasteiger partial charge is 0.418 e. The van der Waals surface area contributed by atoms with Crippen molar-refractivity contribution < 1.29 is 13.2 Å². The van der Waals surface area contributed by atoms with E-state index in [0.29, 0.717) is 23.5 Å². The summed E-state index contributed by atoms with van der Waals surface area (Å²) in [4.78, 5) is 4.25. The van der Waals surface area contributed by atoms with Gasteiger partial charge in [0.25, 0.3) is 0 Å². The molecule has 1 heterocycles. The van der Waals surface area contributed by atoms with E-state index in [1.807, 2.05) is 6.92 Å². The van der Waals surface area contributed by atoms with Crippen LogP contribution in [0.15, 0.2) is 24.4 Å². The third-order valence-corrected chi connectivity index (χ3v) is 3.83. The normalized spacial score (nSPS) is 12.7. The standard InChI is InChI=1S/C17H20F3N3/c1-5-12(6-2)14-7-13(23-9-10(3)22-11(23)4)8-15(16(14)21)17(18,19)20/h5,7-9H,6,21H2,1-4H3. The van der Waals surface area contributed by atoms with Crippen molar-refractivity contribution in [3.8, 4) is 5.69 Å². The molecule has 2 aromatic rings. The molecule has 0 aliphatic carbocycles. The van der Waals surface area contributed by atoms with E-state index in [1.54, 1.807) is 43.7 Å². The van der Waals surface area contributed by atoms with Gasteiger partial charge in [0.15, 0.2) is 0 Å². The maximum atomic E-state index is 13.4. The van der Waals surface area contributed by atoms with Crippen molar-refractivity contribution in [2.24, 2.45) is 0 Å². The van der Waals surface area contributed by atoms with Gasteiger partial charge in [-0.2, -0.15) is 13.2 Å². The number of halogens is 3. The minimum absolute atomic E-state index is 0.231. The van der Waals surface area contributed by atoms with Crippen molar-refractivity contribution in [3.63, 3.8) is 0 Å². The first kappa shape index (κ1) is 17.1. The number of imidazole rings is 1. The zero-order valence-corrected chi connectivity index (χ0v) is 13.6. The molecule has 0 fully saturated rings. The highest BCUT2D eigenvalue weighted by Gasteiger charge is 2.35. The third-order valence-electron chi connectivity index (χ3n) is 3.83. The molecule has 0 unspecified atom stereocenters. The lowest BCUT2D eigenvalue weighted by molar-refractivity contribution is -0.136. The number of allylic oxidation sites excluding steroid dienone is 2. The maximum Gasteiger partial charge on any atom is 0.418 e. The minimum atomic E-state index is -4.51. The number of nitrogens with two attached hydrogens (primary N) is 1. The van der Waals surface area contributed by atoms with Gasteiger partial charge in [0.05, 0.1) is 16.9 Å². The van der Waals surface area contributed by atoms with Crippen LogP contribution in [-0.4, -0.2) is 9.55 Å². The van der Waals surface area contributed by atoms with Crippen LogP contribution in [0.5, 0.6) is 0 Å². The van der Waals surface area contributed by atoms with Crippen LogP contribution in [0, 0.1) is 13.8 Å². The monoisotopic (exact) mass is 323 g/mol. The highest BCUT2D eigenvalue weighted by molar-refractivity contribution is 5.79. The summed E-state index contributed by atoms with van der Waals surface area (Å²) in [7, 11) is 0. The van der Waals surface area contributed by atoms with Gasteiger partial charge >= 0.3 is 6.18 Å². The molecule has 0 aliphatic heterocycles. The van der Waals surface area contributed by atoms with E-state index < -0.39 is 11.7 Å². The first-order valence-electron chi connectivity index (χ1n) is 7.38. The molecule has 0 radical (unpaired) electrons. The summed E-state index contributed by atoms with van der Waals surface area (Å²) in [5.41, 5.74) is 7.14. The summed E-state index contributed by atoms with van der Waals surface area (Å²) in [6.45, 7) is 7.24. The van der Waals surface area contributed by atoms with Gasteiger partial charge in [-0.05, 0) is 44.9 Å². The summed E-state index contributed by atoms with van der Waals surface area (Å²) < 4.78 is 41.8. The van der Waals surface area contributed by atoms with Gasteiger partial charge < -0.3 is 10.3 Å². The number of rotatable bonds is 3. The Balaban J connectivity index is 2.79. The van der Waals surface area contributed by atoms with Crippen LogP contribution in [0.4, 0.5) is 18.9 Å². The first-order valence-corrected chi connectivity index (χ1v) is 7.38. The number of aromatic nitrogens is 2. The van der Waals surface area contributed by atoms with Gasteiger partial charge in [-0.3, -0.25) is 0 Å². The quantitative estimate of drug-likeness (QED) is 0.816. The molecule has 0 saturated carbocycles. The fourth-order valence-electron chi connectivity index (χ4n) is 2.71. The Morgan fingerprint density at radius 1 is 1.30 bits per heavy atom. The lowest BCUT2D eigenvalue weighted by Gasteiger charge is -2.18. The van der Waals surface area contributed by atoms with E-state index in [2.05, 4.69) is 4.98 Å². The van der Waals surface area contributed by atoms with Crippen molar-refractivity contribution in [3.05, 3.63) is 47.1 Å². The maximum absolute atomic E-state index is 13.4. The zero-order chi connectivity index (χ0) is 17.4. The molecule has 0 atom stereocenters. The molecule has 0 spiro atoms. The van der Waals surface area contributed by atoms with E-state index in [-0.39, 0.29) is 5.69 Å². The number of nitrogens with zero attached hydrogens (tertiary/aromatic N) is 2.